The Morgan fingerprint density at radius 2 is 2.04 bits per heavy atom. The number of carbonyl (C=O) groups is 2. The van der Waals surface area contributed by atoms with Crippen LogP contribution in [0, 0.1) is 22.7 Å². The SMILES string of the molecule is CC1=CCC[C@@H]2[C@@](C)(CCC3=CC(=O)OC3)[C@H](C)C(=O)C[C@@]12C. The largest absolute Gasteiger partial charge is 0.458 e. The van der Waals surface area contributed by atoms with E-state index in [1.807, 2.05) is 0 Å². The van der Waals surface area contributed by atoms with Crippen LogP contribution in [-0.4, -0.2) is 18.4 Å². The minimum Gasteiger partial charge on any atom is -0.458 e. The molecule has 0 radical (unpaired) electrons. The average molecular weight is 316 g/mol. The van der Waals surface area contributed by atoms with Crippen LogP contribution >= 0.6 is 0 Å². The molecule has 0 unspecified atom stereocenters. The summed E-state index contributed by atoms with van der Waals surface area (Å²) in [5, 5.41) is 0. The number of ketones is 1. The summed E-state index contributed by atoms with van der Waals surface area (Å²) in [4.78, 5) is 24.0. The molecule has 1 saturated carbocycles. The van der Waals surface area contributed by atoms with Crippen LogP contribution in [0.25, 0.3) is 0 Å². The minimum atomic E-state index is -0.223. The fourth-order valence-corrected chi connectivity index (χ4v) is 5.18. The van der Waals surface area contributed by atoms with Crippen molar-refractivity contribution in [2.45, 2.75) is 59.8 Å². The molecule has 3 aliphatic rings. The molecule has 23 heavy (non-hydrogen) atoms. The van der Waals surface area contributed by atoms with Gasteiger partial charge >= 0.3 is 5.97 Å². The Morgan fingerprint density at radius 3 is 2.70 bits per heavy atom. The van der Waals surface area contributed by atoms with Gasteiger partial charge in [-0.25, -0.2) is 4.79 Å². The van der Waals surface area contributed by atoms with Crippen molar-refractivity contribution in [3.8, 4) is 0 Å². The summed E-state index contributed by atoms with van der Waals surface area (Å²) in [6, 6.07) is 0. The van der Waals surface area contributed by atoms with Crippen LogP contribution in [0.5, 0.6) is 0 Å². The smallest absolute Gasteiger partial charge is 0.331 e. The fraction of sp³-hybridized carbons (Fsp3) is 0.700. The lowest BCUT2D eigenvalue weighted by Gasteiger charge is -2.57. The second-order valence-corrected chi connectivity index (χ2v) is 8.22. The van der Waals surface area contributed by atoms with Gasteiger partial charge in [-0.05, 0) is 54.9 Å². The van der Waals surface area contributed by atoms with E-state index in [0.717, 1.165) is 31.3 Å². The maximum absolute atomic E-state index is 12.7. The molecule has 0 aromatic carbocycles. The third kappa shape index (κ3) is 2.58. The standard InChI is InChI=1S/C20H28O3/c1-13-6-5-7-17-19(3,9-8-15-10-18(22)23-12-15)14(2)16(21)11-20(13,17)4/h6,10,14,17H,5,7-9,11-12H2,1-4H3/t14-,17-,19+,20+/m1/s1. The van der Waals surface area contributed by atoms with Crippen molar-refractivity contribution >= 4 is 11.8 Å². The Kier molecular flexibility index (Phi) is 4.02. The van der Waals surface area contributed by atoms with Crippen LogP contribution in [0.1, 0.15) is 59.8 Å². The Balaban J connectivity index is 1.88. The Morgan fingerprint density at radius 1 is 1.30 bits per heavy atom. The minimum absolute atomic E-state index is 0.00691. The maximum Gasteiger partial charge on any atom is 0.331 e. The molecule has 0 spiro atoms. The molecule has 2 aliphatic carbocycles. The monoisotopic (exact) mass is 316 g/mol. The summed E-state index contributed by atoms with van der Waals surface area (Å²) in [6.45, 7) is 9.32. The van der Waals surface area contributed by atoms with Gasteiger partial charge in [0.2, 0.25) is 0 Å². The highest BCUT2D eigenvalue weighted by Crippen LogP contribution is 2.60. The van der Waals surface area contributed by atoms with E-state index in [9.17, 15) is 9.59 Å². The van der Waals surface area contributed by atoms with Gasteiger partial charge in [-0.3, -0.25) is 4.79 Å². The number of cyclic esters (lactones) is 1. The highest BCUT2D eigenvalue weighted by molar-refractivity contribution is 5.85. The maximum atomic E-state index is 12.7. The van der Waals surface area contributed by atoms with Crippen LogP contribution < -0.4 is 0 Å². The van der Waals surface area contributed by atoms with Crippen molar-refractivity contribution in [1.29, 1.82) is 0 Å². The fourth-order valence-electron chi connectivity index (χ4n) is 5.18. The van der Waals surface area contributed by atoms with Gasteiger partial charge in [0, 0.05) is 18.4 Å². The van der Waals surface area contributed by atoms with Gasteiger partial charge in [-0.1, -0.05) is 32.4 Å². The summed E-state index contributed by atoms with van der Waals surface area (Å²) < 4.78 is 5.02. The first-order chi connectivity index (χ1) is 10.8. The van der Waals surface area contributed by atoms with Crippen LogP contribution in [0.15, 0.2) is 23.3 Å². The number of hydrogen-bond acceptors (Lipinski definition) is 3. The highest BCUT2D eigenvalue weighted by Gasteiger charge is 2.56. The number of carbonyl (C=O) groups excluding carboxylic acids is 2. The van der Waals surface area contributed by atoms with Gasteiger partial charge in [-0.2, -0.15) is 0 Å². The molecule has 4 atom stereocenters. The Hall–Kier alpha value is -1.38. The molecule has 0 aromatic heterocycles. The molecule has 0 bridgehead atoms. The highest BCUT2D eigenvalue weighted by atomic mass is 16.5. The summed E-state index contributed by atoms with van der Waals surface area (Å²) in [5.41, 5.74) is 2.46. The predicted molar refractivity (Wildman–Crippen MR) is 89.8 cm³/mol. The van der Waals surface area contributed by atoms with Crippen molar-refractivity contribution in [3.63, 3.8) is 0 Å². The number of hydrogen-bond donors (Lipinski definition) is 0. The first-order valence-electron chi connectivity index (χ1n) is 8.83. The van der Waals surface area contributed by atoms with E-state index < -0.39 is 0 Å². The molecule has 3 nitrogen and oxygen atoms in total. The molecule has 0 saturated heterocycles. The van der Waals surface area contributed by atoms with Gasteiger partial charge in [0.15, 0.2) is 0 Å². The van der Waals surface area contributed by atoms with E-state index in [1.165, 1.54) is 5.57 Å². The molecule has 1 aliphatic heterocycles. The second kappa shape index (κ2) is 5.61. The van der Waals surface area contributed by atoms with Crippen LogP contribution in [0.3, 0.4) is 0 Å². The summed E-state index contributed by atoms with van der Waals surface area (Å²) in [7, 11) is 0. The molecule has 1 fully saturated rings. The zero-order valence-electron chi connectivity index (χ0n) is 14.8. The third-order valence-electron chi connectivity index (χ3n) is 7.09. The molecule has 0 N–H and O–H groups in total. The second-order valence-electron chi connectivity index (χ2n) is 8.22. The van der Waals surface area contributed by atoms with Crippen LogP contribution in [0.2, 0.25) is 0 Å². The van der Waals surface area contributed by atoms with E-state index in [-0.39, 0.29) is 22.7 Å². The van der Waals surface area contributed by atoms with Crippen molar-refractivity contribution in [2.24, 2.45) is 22.7 Å². The summed E-state index contributed by atoms with van der Waals surface area (Å²) in [6.07, 6.45) is 8.73. The van der Waals surface area contributed by atoms with Gasteiger partial charge in [-0.15, -0.1) is 0 Å². The summed E-state index contributed by atoms with van der Waals surface area (Å²) in [5.74, 6) is 0.796. The van der Waals surface area contributed by atoms with Gasteiger partial charge in [0.05, 0.1) is 0 Å². The molecule has 3 rings (SSSR count). The zero-order valence-corrected chi connectivity index (χ0v) is 14.8. The van der Waals surface area contributed by atoms with Crippen molar-refractivity contribution in [3.05, 3.63) is 23.3 Å². The lowest BCUT2D eigenvalue weighted by molar-refractivity contribution is -0.142. The van der Waals surface area contributed by atoms with Gasteiger partial charge in [0.1, 0.15) is 12.4 Å². The van der Waals surface area contributed by atoms with Crippen LogP contribution in [0.4, 0.5) is 0 Å². The van der Waals surface area contributed by atoms with Gasteiger partial charge in [0.25, 0.3) is 0 Å². The number of esters is 1. The summed E-state index contributed by atoms with van der Waals surface area (Å²) >= 11 is 0. The van der Waals surface area contributed by atoms with E-state index >= 15 is 0 Å². The number of allylic oxidation sites excluding steroid dienone is 2. The quantitative estimate of drug-likeness (QED) is 0.578. The number of rotatable bonds is 3. The van der Waals surface area contributed by atoms with E-state index in [0.29, 0.717) is 24.7 Å². The lowest BCUT2D eigenvalue weighted by atomic mass is 9.46. The van der Waals surface area contributed by atoms with E-state index in [4.69, 9.17) is 4.74 Å². The molecule has 0 amide bonds. The number of Topliss-reactive ketones (excluding diaryl/α,β-unsaturated/α-hetero) is 1. The molecular formula is C20H28O3. The first kappa shape index (κ1) is 16.5. The van der Waals surface area contributed by atoms with Crippen molar-refractivity contribution < 1.29 is 14.3 Å². The Bertz CT molecular complexity index is 600. The molecule has 126 valence electrons. The molecule has 0 aromatic rings. The van der Waals surface area contributed by atoms with Gasteiger partial charge < -0.3 is 4.74 Å². The number of fused-ring (bicyclic) bond motifs is 1. The average Bonchev–Trinajstić information content (AvgIpc) is 2.91. The van der Waals surface area contributed by atoms with E-state index in [1.54, 1.807) is 6.08 Å². The molecular weight excluding hydrogens is 288 g/mol. The van der Waals surface area contributed by atoms with Crippen molar-refractivity contribution in [1.82, 2.24) is 0 Å². The lowest BCUT2D eigenvalue weighted by Crippen LogP contribution is -2.53. The van der Waals surface area contributed by atoms with Crippen molar-refractivity contribution in [2.75, 3.05) is 6.61 Å². The zero-order chi connectivity index (χ0) is 16.8. The topological polar surface area (TPSA) is 43.4 Å². The molecule has 3 heteroatoms. The first-order valence-corrected chi connectivity index (χ1v) is 8.83. The van der Waals surface area contributed by atoms with Crippen LogP contribution in [-0.2, 0) is 14.3 Å². The van der Waals surface area contributed by atoms with E-state index in [2.05, 4.69) is 33.8 Å². The third-order valence-corrected chi connectivity index (χ3v) is 7.09. The molecule has 1 heterocycles. The number of ether oxygens (including phenoxy) is 1. The predicted octanol–water partition coefficient (Wildman–Crippen LogP) is 4.23. The normalized spacial score (nSPS) is 40.3. The Labute approximate surface area is 139 Å².